The fraction of sp³-hybridized carbons (Fsp3) is 0.364. The van der Waals surface area contributed by atoms with Gasteiger partial charge in [0.15, 0.2) is 0 Å². The minimum atomic E-state index is -0.459. The Bertz CT molecular complexity index is 340. The van der Waals surface area contributed by atoms with Gasteiger partial charge in [-0.1, -0.05) is 12.1 Å². The van der Waals surface area contributed by atoms with Gasteiger partial charge < -0.3 is 16.2 Å². The Labute approximate surface area is 93.3 Å². The Morgan fingerprint density at radius 1 is 1.44 bits per heavy atom. The summed E-state index contributed by atoms with van der Waals surface area (Å²) in [5.41, 5.74) is 6.48. The first kappa shape index (κ1) is 12.6. The van der Waals surface area contributed by atoms with Crippen molar-refractivity contribution in [3.05, 3.63) is 35.6 Å². The first-order chi connectivity index (χ1) is 7.63. The highest BCUT2D eigenvalue weighted by Gasteiger charge is 2.10. The Morgan fingerprint density at radius 3 is 2.62 bits per heavy atom. The topological polar surface area (TPSA) is 75.4 Å². The molecular weight excluding hydrogens is 211 g/mol. The SMILES string of the molecule is N[C@@H](CC(=O)NCCO)c1ccc(F)cc1. The second-order valence-corrected chi connectivity index (χ2v) is 3.44. The van der Waals surface area contributed by atoms with Crippen LogP contribution in [0.5, 0.6) is 0 Å². The van der Waals surface area contributed by atoms with Gasteiger partial charge in [-0.05, 0) is 17.7 Å². The van der Waals surface area contributed by atoms with Crippen LogP contribution in [0.4, 0.5) is 4.39 Å². The minimum Gasteiger partial charge on any atom is -0.395 e. The number of carbonyl (C=O) groups is 1. The third kappa shape index (κ3) is 3.96. The van der Waals surface area contributed by atoms with E-state index in [-0.39, 0.29) is 31.3 Å². The highest BCUT2D eigenvalue weighted by molar-refractivity contribution is 5.76. The first-order valence-corrected chi connectivity index (χ1v) is 5.02. The summed E-state index contributed by atoms with van der Waals surface area (Å²) in [6, 6.07) is 5.26. The lowest BCUT2D eigenvalue weighted by Crippen LogP contribution is -2.29. The third-order valence-corrected chi connectivity index (χ3v) is 2.14. The van der Waals surface area contributed by atoms with Crippen molar-refractivity contribution in [2.45, 2.75) is 12.5 Å². The van der Waals surface area contributed by atoms with Gasteiger partial charge in [0.25, 0.3) is 0 Å². The van der Waals surface area contributed by atoms with Crippen LogP contribution in [0.2, 0.25) is 0 Å². The fourth-order valence-electron chi connectivity index (χ4n) is 1.30. The molecule has 1 atom stereocenters. The van der Waals surface area contributed by atoms with E-state index in [2.05, 4.69) is 5.32 Å². The average molecular weight is 226 g/mol. The number of halogens is 1. The molecule has 0 aliphatic carbocycles. The lowest BCUT2D eigenvalue weighted by Gasteiger charge is -2.11. The van der Waals surface area contributed by atoms with E-state index >= 15 is 0 Å². The summed E-state index contributed by atoms with van der Waals surface area (Å²) in [7, 11) is 0. The molecule has 4 nitrogen and oxygen atoms in total. The molecule has 5 heteroatoms. The van der Waals surface area contributed by atoms with Crippen LogP contribution in [0.1, 0.15) is 18.0 Å². The van der Waals surface area contributed by atoms with Crippen LogP contribution < -0.4 is 11.1 Å². The summed E-state index contributed by atoms with van der Waals surface area (Å²) in [5.74, 6) is -0.563. The minimum absolute atomic E-state index is 0.0997. The normalized spacial score (nSPS) is 12.2. The maximum atomic E-state index is 12.6. The molecule has 0 saturated carbocycles. The van der Waals surface area contributed by atoms with Gasteiger partial charge in [0.2, 0.25) is 5.91 Å². The Hall–Kier alpha value is -1.46. The Kier molecular flexibility index (Phi) is 4.88. The summed E-state index contributed by atoms with van der Waals surface area (Å²) in [6.45, 7) is 0.118. The molecule has 4 N–H and O–H groups in total. The van der Waals surface area contributed by atoms with Crippen molar-refractivity contribution in [2.24, 2.45) is 5.73 Å². The summed E-state index contributed by atoms with van der Waals surface area (Å²) in [6.07, 6.45) is 0.117. The summed E-state index contributed by atoms with van der Waals surface area (Å²) in [5, 5.41) is 11.0. The first-order valence-electron chi connectivity index (χ1n) is 5.02. The maximum absolute atomic E-state index is 12.6. The number of carbonyl (C=O) groups excluding carboxylic acids is 1. The average Bonchev–Trinajstić information content (AvgIpc) is 2.27. The van der Waals surface area contributed by atoms with E-state index in [1.807, 2.05) is 0 Å². The summed E-state index contributed by atoms with van der Waals surface area (Å²) in [4.78, 5) is 11.3. The van der Waals surface area contributed by atoms with Crippen LogP contribution >= 0.6 is 0 Å². The van der Waals surface area contributed by atoms with Crippen molar-refractivity contribution in [1.29, 1.82) is 0 Å². The van der Waals surface area contributed by atoms with E-state index < -0.39 is 6.04 Å². The van der Waals surface area contributed by atoms with Crippen LogP contribution in [-0.4, -0.2) is 24.2 Å². The molecule has 1 aromatic carbocycles. The molecule has 0 spiro atoms. The number of aliphatic hydroxyl groups excluding tert-OH is 1. The molecule has 1 amide bonds. The molecular formula is C11H15FN2O2. The van der Waals surface area contributed by atoms with Crippen LogP contribution in [0.3, 0.4) is 0 Å². The number of nitrogens with one attached hydrogen (secondary N) is 1. The third-order valence-electron chi connectivity index (χ3n) is 2.14. The van der Waals surface area contributed by atoms with E-state index in [0.717, 1.165) is 0 Å². The second kappa shape index (κ2) is 6.19. The van der Waals surface area contributed by atoms with E-state index in [0.29, 0.717) is 5.56 Å². The molecule has 88 valence electrons. The summed E-state index contributed by atoms with van der Waals surface area (Å²) < 4.78 is 12.6. The van der Waals surface area contributed by atoms with Crippen LogP contribution in [0, 0.1) is 5.82 Å². The van der Waals surface area contributed by atoms with Crippen molar-refractivity contribution < 1.29 is 14.3 Å². The molecule has 0 bridgehead atoms. The van der Waals surface area contributed by atoms with Gasteiger partial charge in [0, 0.05) is 19.0 Å². The zero-order valence-electron chi connectivity index (χ0n) is 8.82. The monoisotopic (exact) mass is 226 g/mol. The van der Waals surface area contributed by atoms with Gasteiger partial charge >= 0.3 is 0 Å². The molecule has 1 rings (SSSR count). The predicted octanol–water partition coefficient (Wildman–Crippen LogP) is 0.324. The van der Waals surface area contributed by atoms with Crippen molar-refractivity contribution in [3.63, 3.8) is 0 Å². The lowest BCUT2D eigenvalue weighted by molar-refractivity contribution is -0.121. The zero-order valence-corrected chi connectivity index (χ0v) is 8.82. The van der Waals surface area contributed by atoms with Gasteiger partial charge in [0.1, 0.15) is 5.82 Å². The van der Waals surface area contributed by atoms with E-state index in [1.165, 1.54) is 12.1 Å². The van der Waals surface area contributed by atoms with Gasteiger partial charge in [-0.15, -0.1) is 0 Å². The van der Waals surface area contributed by atoms with Gasteiger partial charge in [-0.25, -0.2) is 4.39 Å². The standard InChI is InChI=1S/C11H15FN2O2/c12-9-3-1-8(2-4-9)10(13)7-11(16)14-5-6-15/h1-4,10,15H,5-7,13H2,(H,14,16)/t10-/m0/s1. The molecule has 16 heavy (non-hydrogen) atoms. The van der Waals surface area contributed by atoms with E-state index in [9.17, 15) is 9.18 Å². The number of benzene rings is 1. The molecule has 0 aliphatic rings. The number of amides is 1. The van der Waals surface area contributed by atoms with Crippen molar-refractivity contribution in [2.75, 3.05) is 13.2 Å². The molecule has 0 heterocycles. The van der Waals surface area contributed by atoms with Crippen molar-refractivity contribution in [1.82, 2.24) is 5.32 Å². The Balaban J connectivity index is 2.48. The molecule has 0 saturated heterocycles. The van der Waals surface area contributed by atoms with Crippen LogP contribution in [-0.2, 0) is 4.79 Å². The lowest BCUT2D eigenvalue weighted by atomic mass is 10.0. The van der Waals surface area contributed by atoms with Gasteiger partial charge in [0.05, 0.1) is 6.61 Å². The molecule has 0 radical (unpaired) electrons. The second-order valence-electron chi connectivity index (χ2n) is 3.44. The van der Waals surface area contributed by atoms with E-state index in [4.69, 9.17) is 10.8 Å². The molecule has 1 aromatic rings. The number of rotatable bonds is 5. The Morgan fingerprint density at radius 2 is 2.06 bits per heavy atom. The van der Waals surface area contributed by atoms with Crippen molar-refractivity contribution >= 4 is 5.91 Å². The molecule has 0 unspecified atom stereocenters. The van der Waals surface area contributed by atoms with Crippen LogP contribution in [0.15, 0.2) is 24.3 Å². The zero-order chi connectivity index (χ0) is 12.0. The maximum Gasteiger partial charge on any atom is 0.221 e. The smallest absolute Gasteiger partial charge is 0.221 e. The number of hydrogen-bond donors (Lipinski definition) is 3. The van der Waals surface area contributed by atoms with Crippen LogP contribution in [0.25, 0.3) is 0 Å². The molecule has 0 aliphatic heterocycles. The number of aliphatic hydroxyl groups is 1. The highest BCUT2D eigenvalue weighted by Crippen LogP contribution is 2.14. The predicted molar refractivity (Wildman–Crippen MR) is 58.0 cm³/mol. The fourth-order valence-corrected chi connectivity index (χ4v) is 1.30. The van der Waals surface area contributed by atoms with E-state index in [1.54, 1.807) is 12.1 Å². The summed E-state index contributed by atoms with van der Waals surface area (Å²) >= 11 is 0. The van der Waals surface area contributed by atoms with Crippen molar-refractivity contribution in [3.8, 4) is 0 Å². The van der Waals surface area contributed by atoms with Gasteiger partial charge in [-0.2, -0.15) is 0 Å². The number of nitrogens with two attached hydrogens (primary N) is 1. The number of hydrogen-bond acceptors (Lipinski definition) is 3. The largest absolute Gasteiger partial charge is 0.395 e. The van der Waals surface area contributed by atoms with Gasteiger partial charge in [-0.3, -0.25) is 4.79 Å². The molecule has 0 fully saturated rings. The quantitative estimate of drug-likeness (QED) is 0.677. The highest BCUT2D eigenvalue weighted by atomic mass is 19.1. The molecule has 0 aromatic heterocycles.